The minimum absolute atomic E-state index is 0.290. The number of nitrogens with zero attached hydrogens (tertiary/aromatic N) is 1. The lowest BCUT2D eigenvalue weighted by atomic mass is 9.89. The van der Waals surface area contributed by atoms with E-state index in [1.807, 2.05) is 0 Å². The van der Waals surface area contributed by atoms with Gasteiger partial charge in [0.25, 0.3) is 0 Å². The average Bonchev–Trinajstić information content (AvgIpc) is 2.44. The van der Waals surface area contributed by atoms with Gasteiger partial charge in [-0.25, -0.2) is 0 Å². The van der Waals surface area contributed by atoms with Crippen LogP contribution < -0.4 is 5.32 Å². The summed E-state index contributed by atoms with van der Waals surface area (Å²) < 4.78 is 10.6. The van der Waals surface area contributed by atoms with Crippen molar-refractivity contribution in [3.05, 3.63) is 0 Å². The van der Waals surface area contributed by atoms with Crippen molar-refractivity contribution in [2.75, 3.05) is 46.6 Å². The number of ether oxygens (including phenoxy) is 2. The molecule has 4 heteroatoms. The minimum Gasteiger partial charge on any atom is -0.382 e. The maximum Gasteiger partial charge on any atom is 0.0700 e. The molecule has 1 N–H and O–H groups in total. The Bertz CT molecular complexity index is 261. The summed E-state index contributed by atoms with van der Waals surface area (Å²) in [5.41, 5.74) is 0.290. The SMILES string of the molecule is CCC1(C)CNC(C(C)C)CN1CCCOCCOC. The van der Waals surface area contributed by atoms with E-state index in [0.717, 1.165) is 32.7 Å². The summed E-state index contributed by atoms with van der Waals surface area (Å²) in [4.78, 5) is 2.66. The zero-order chi connectivity index (χ0) is 15.0. The van der Waals surface area contributed by atoms with E-state index in [9.17, 15) is 0 Å². The molecule has 2 unspecified atom stereocenters. The summed E-state index contributed by atoms with van der Waals surface area (Å²) in [5, 5.41) is 3.72. The number of hydrogen-bond donors (Lipinski definition) is 1. The van der Waals surface area contributed by atoms with E-state index in [4.69, 9.17) is 9.47 Å². The fourth-order valence-electron chi connectivity index (χ4n) is 2.74. The summed E-state index contributed by atoms with van der Waals surface area (Å²) in [6.45, 7) is 14.9. The second-order valence-electron chi connectivity index (χ2n) is 6.49. The lowest BCUT2D eigenvalue weighted by molar-refractivity contribution is 0.0226. The molecule has 1 aliphatic heterocycles. The van der Waals surface area contributed by atoms with Gasteiger partial charge in [-0.2, -0.15) is 0 Å². The number of hydrogen-bond acceptors (Lipinski definition) is 4. The maximum atomic E-state index is 5.57. The zero-order valence-corrected chi connectivity index (χ0v) is 14.1. The molecule has 0 radical (unpaired) electrons. The molecule has 1 heterocycles. The normalized spacial score (nSPS) is 28.2. The molecule has 0 spiro atoms. The smallest absolute Gasteiger partial charge is 0.0700 e. The Kier molecular flexibility index (Phi) is 8.03. The number of nitrogens with one attached hydrogen (secondary N) is 1. The molecule has 0 saturated carbocycles. The highest BCUT2D eigenvalue weighted by atomic mass is 16.5. The van der Waals surface area contributed by atoms with Crippen molar-refractivity contribution >= 4 is 0 Å². The van der Waals surface area contributed by atoms with Crippen molar-refractivity contribution in [3.8, 4) is 0 Å². The molecule has 4 nitrogen and oxygen atoms in total. The molecular formula is C16H34N2O2. The molecule has 1 rings (SSSR count). The van der Waals surface area contributed by atoms with Crippen LogP contribution in [0.2, 0.25) is 0 Å². The van der Waals surface area contributed by atoms with E-state index in [0.29, 0.717) is 25.2 Å². The zero-order valence-electron chi connectivity index (χ0n) is 14.1. The first-order valence-corrected chi connectivity index (χ1v) is 8.08. The summed E-state index contributed by atoms with van der Waals surface area (Å²) in [6.07, 6.45) is 2.29. The van der Waals surface area contributed by atoms with Gasteiger partial charge in [-0.1, -0.05) is 20.8 Å². The van der Waals surface area contributed by atoms with Crippen molar-refractivity contribution in [3.63, 3.8) is 0 Å². The van der Waals surface area contributed by atoms with E-state index in [2.05, 4.69) is 37.9 Å². The van der Waals surface area contributed by atoms with Crippen LogP contribution in [0.4, 0.5) is 0 Å². The summed E-state index contributed by atoms with van der Waals surface area (Å²) in [5.74, 6) is 0.692. The van der Waals surface area contributed by atoms with E-state index < -0.39 is 0 Å². The Labute approximate surface area is 125 Å². The standard InChI is InChI=1S/C16H34N2O2/c1-6-16(4)13-17-15(14(2)3)12-18(16)8-7-9-20-11-10-19-5/h14-15,17H,6-13H2,1-5H3. The molecule has 20 heavy (non-hydrogen) atoms. The molecule has 0 amide bonds. The second kappa shape index (κ2) is 8.98. The summed E-state index contributed by atoms with van der Waals surface area (Å²) >= 11 is 0. The third-order valence-corrected chi connectivity index (χ3v) is 4.64. The fraction of sp³-hybridized carbons (Fsp3) is 1.00. The molecule has 0 aromatic heterocycles. The van der Waals surface area contributed by atoms with Gasteiger partial charge in [-0.15, -0.1) is 0 Å². The van der Waals surface area contributed by atoms with Gasteiger partial charge in [-0.05, 0) is 25.7 Å². The predicted octanol–water partition coefficient (Wildman–Crippen LogP) is 2.14. The Morgan fingerprint density at radius 1 is 1.30 bits per heavy atom. The summed E-state index contributed by atoms with van der Waals surface area (Å²) in [7, 11) is 1.71. The molecule has 1 saturated heterocycles. The highest BCUT2D eigenvalue weighted by Crippen LogP contribution is 2.24. The van der Waals surface area contributed by atoms with Crippen molar-refractivity contribution < 1.29 is 9.47 Å². The quantitative estimate of drug-likeness (QED) is 0.659. The van der Waals surface area contributed by atoms with Crippen LogP contribution in [0.3, 0.4) is 0 Å². The lowest BCUT2D eigenvalue weighted by Crippen LogP contribution is -2.64. The van der Waals surface area contributed by atoms with E-state index in [1.54, 1.807) is 7.11 Å². The van der Waals surface area contributed by atoms with Gasteiger partial charge in [0, 0.05) is 44.9 Å². The van der Waals surface area contributed by atoms with Crippen LogP contribution in [0.1, 0.15) is 40.5 Å². The first-order chi connectivity index (χ1) is 9.53. The van der Waals surface area contributed by atoms with Crippen molar-refractivity contribution in [2.24, 2.45) is 5.92 Å². The second-order valence-corrected chi connectivity index (χ2v) is 6.49. The Morgan fingerprint density at radius 3 is 2.65 bits per heavy atom. The van der Waals surface area contributed by atoms with Crippen LogP contribution in [0.25, 0.3) is 0 Å². The van der Waals surface area contributed by atoms with Gasteiger partial charge in [-0.3, -0.25) is 4.90 Å². The third kappa shape index (κ3) is 5.32. The molecule has 0 bridgehead atoms. The highest BCUT2D eigenvalue weighted by Gasteiger charge is 2.36. The lowest BCUT2D eigenvalue weighted by Gasteiger charge is -2.49. The minimum atomic E-state index is 0.290. The molecule has 2 atom stereocenters. The number of rotatable bonds is 9. The van der Waals surface area contributed by atoms with Crippen molar-refractivity contribution in [2.45, 2.75) is 52.1 Å². The van der Waals surface area contributed by atoms with Gasteiger partial charge >= 0.3 is 0 Å². The van der Waals surface area contributed by atoms with Crippen LogP contribution >= 0.6 is 0 Å². The van der Waals surface area contributed by atoms with Crippen LogP contribution in [0.15, 0.2) is 0 Å². The van der Waals surface area contributed by atoms with Gasteiger partial charge in [0.1, 0.15) is 0 Å². The predicted molar refractivity (Wildman–Crippen MR) is 84.2 cm³/mol. The summed E-state index contributed by atoms with van der Waals surface area (Å²) in [6, 6.07) is 0.615. The largest absolute Gasteiger partial charge is 0.382 e. The molecule has 0 aliphatic carbocycles. The van der Waals surface area contributed by atoms with E-state index in [1.165, 1.54) is 6.42 Å². The van der Waals surface area contributed by atoms with Crippen molar-refractivity contribution in [1.29, 1.82) is 0 Å². The third-order valence-electron chi connectivity index (χ3n) is 4.64. The molecule has 0 aromatic rings. The van der Waals surface area contributed by atoms with Crippen LogP contribution in [0.5, 0.6) is 0 Å². The number of methoxy groups -OCH3 is 1. The molecule has 1 aliphatic rings. The monoisotopic (exact) mass is 286 g/mol. The van der Waals surface area contributed by atoms with Crippen LogP contribution in [-0.2, 0) is 9.47 Å². The molecule has 0 aromatic carbocycles. The van der Waals surface area contributed by atoms with Crippen LogP contribution in [-0.4, -0.2) is 63.0 Å². The van der Waals surface area contributed by atoms with Gasteiger partial charge in [0.05, 0.1) is 13.2 Å². The van der Waals surface area contributed by atoms with Crippen molar-refractivity contribution in [1.82, 2.24) is 10.2 Å². The van der Waals surface area contributed by atoms with Crippen LogP contribution in [0, 0.1) is 5.92 Å². The fourth-order valence-corrected chi connectivity index (χ4v) is 2.74. The van der Waals surface area contributed by atoms with E-state index >= 15 is 0 Å². The van der Waals surface area contributed by atoms with E-state index in [-0.39, 0.29) is 5.54 Å². The topological polar surface area (TPSA) is 33.7 Å². The van der Waals surface area contributed by atoms with Gasteiger partial charge in [0.2, 0.25) is 0 Å². The molecule has 1 fully saturated rings. The first-order valence-electron chi connectivity index (χ1n) is 8.08. The Morgan fingerprint density at radius 2 is 2.05 bits per heavy atom. The highest BCUT2D eigenvalue weighted by molar-refractivity contribution is 4.95. The number of piperazine rings is 1. The first kappa shape index (κ1) is 17.9. The maximum absolute atomic E-state index is 5.57. The van der Waals surface area contributed by atoms with Gasteiger partial charge in [0.15, 0.2) is 0 Å². The Balaban J connectivity index is 2.37. The van der Waals surface area contributed by atoms with Gasteiger partial charge < -0.3 is 14.8 Å². The molecule has 120 valence electrons. The average molecular weight is 286 g/mol. The molecular weight excluding hydrogens is 252 g/mol. The Hall–Kier alpha value is -0.160.